The van der Waals surface area contributed by atoms with E-state index in [0.717, 1.165) is 43.9 Å². The summed E-state index contributed by atoms with van der Waals surface area (Å²) in [4.78, 5) is 24.0. The number of rotatable bonds is 4. The quantitative estimate of drug-likeness (QED) is 0.871. The Bertz CT molecular complexity index is 664. The number of halogens is 2. The van der Waals surface area contributed by atoms with E-state index >= 15 is 0 Å². The third-order valence-electron chi connectivity index (χ3n) is 5.40. The topological polar surface area (TPSA) is 66.4 Å². The summed E-state index contributed by atoms with van der Waals surface area (Å²) in [5, 5.41) is 12.3. The van der Waals surface area contributed by atoms with Gasteiger partial charge in [-0.25, -0.2) is 8.78 Å². The van der Waals surface area contributed by atoms with E-state index in [0.29, 0.717) is 19.3 Å². The molecule has 4 unspecified atom stereocenters. The van der Waals surface area contributed by atoms with E-state index in [1.807, 2.05) is 0 Å². The SMILES string of the molecule is O=C(O)C1CCCCCCC1NC(=O)C1CC1c1cc(F)ccc1F. The first-order valence-corrected chi connectivity index (χ1v) is 8.95. The summed E-state index contributed by atoms with van der Waals surface area (Å²) in [6.07, 6.45) is 5.48. The van der Waals surface area contributed by atoms with E-state index in [4.69, 9.17) is 0 Å². The van der Waals surface area contributed by atoms with Crippen molar-refractivity contribution in [2.45, 2.75) is 56.9 Å². The van der Waals surface area contributed by atoms with Crippen LogP contribution in [0, 0.1) is 23.5 Å². The van der Waals surface area contributed by atoms with E-state index in [2.05, 4.69) is 5.32 Å². The predicted molar refractivity (Wildman–Crippen MR) is 88.0 cm³/mol. The Morgan fingerprint density at radius 3 is 2.48 bits per heavy atom. The van der Waals surface area contributed by atoms with Crippen molar-refractivity contribution >= 4 is 11.9 Å². The molecule has 2 aliphatic carbocycles. The van der Waals surface area contributed by atoms with Crippen molar-refractivity contribution in [3.8, 4) is 0 Å². The van der Waals surface area contributed by atoms with Crippen LogP contribution in [0.5, 0.6) is 0 Å². The maximum absolute atomic E-state index is 13.8. The highest BCUT2D eigenvalue weighted by Crippen LogP contribution is 2.48. The molecule has 0 aromatic heterocycles. The second kappa shape index (κ2) is 7.50. The number of nitrogens with one attached hydrogen (secondary N) is 1. The lowest BCUT2D eigenvalue weighted by atomic mass is 9.86. The van der Waals surface area contributed by atoms with E-state index in [1.54, 1.807) is 0 Å². The molecular weight excluding hydrogens is 328 g/mol. The van der Waals surface area contributed by atoms with Crippen LogP contribution in [0.3, 0.4) is 0 Å². The number of hydrogen-bond donors (Lipinski definition) is 2. The summed E-state index contributed by atoms with van der Waals surface area (Å²) in [7, 11) is 0. The van der Waals surface area contributed by atoms with Gasteiger partial charge in [0.25, 0.3) is 0 Å². The van der Waals surface area contributed by atoms with Gasteiger partial charge in [-0.2, -0.15) is 0 Å². The van der Waals surface area contributed by atoms with Crippen LogP contribution in [0.1, 0.15) is 56.4 Å². The molecule has 0 spiro atoms. The van der Waals surface area contributed by atoms with Crippen LogP contribution in [-0.4, -0.2) is 23.0 Å². The monoisotopic (exact) mass is 351 g/mol. The minimum atomic E-state index is -0.879. The number of carbonyl (C=O) groups is 2. The molecule has 4 atom stereocenters. The third kappa shape index (κ3) is 4.17. The molecule has 25 heavy (non-hydrogen) atoms. The number of benzene rings is 1. The predicted octanol–water partition coefficient (Wildman–Crippen LogP) is 3.61. The van der Waals surface area contributed by atoms with Crippen LogP contribution in [0.25, 0.3) is 0 Å². The molecule has 2 aliphatic rings. The molecule has 2 N–H and O–H groups in total. The van der Waals surface area contributed by atoms with Gasteiger partial charge in [-0.3, -0.25) is 9.59 Å². The van der Waals surface area contributed by atoms with Gasteiger partial charge in [-0.05, 0) is 48.9 Å². The zero-order valence-corrected chi connectivity index (χ0v) is 14.0. The van der Waals surface area contributed by atoms with Gasteiger partial charge < -0.3 is 10.4 Å². The van der Waals surface area contributed by atoms with Gasteiger partial charge in [-0.1, -0.05) is 25.7 Å². The number of carboxylic acids is 1. The normalized spacial score (nSPS) is 29.4. The average Bonchev–Trinajstić information content (AvgIpc) is 3.32. The number of carboxylic acid groups (broad SMARTS) is 1. The van der Waals surface area contributed by atoms with Gasteiger partial charge in [0.15, 0.2) is 0 Å². The summed E-state index contributed by atoms with van der Waals surface area (Å²) < 4.78 is 27.2. The van der Waals surface area contributed by atoms with Gasteiger partial charge in [0.2, 0.25) is 5.91 Å². The van der Waals surface area contributed by atoms with E-state index in [1.165, 1.54) is 0 Å². The molecule has 0 saturated heterocycles. The smallest absolute Gasteiger partial charge is 0.308 e. The Balaban J connectivity index is 1.65. The molecule has 0 heterocycles. The molecule has 0 aliphatic heterocycles. The molecule has 1 aromatic carbocycles. The van der Waals surface area contributed by atoms with Crippen LogP contribution < -0.4 is 5.32 Å². The second-order valence-corrected chi connectivity index (χ2v) is 7.17. The summed E-state index contributed by atoms with van der Waals surface area (Å²) in [5.74, 6) is -3.46. The maximum Gasteiger partial charge on any atom is 0.308 e. The second-order valence-electron chi connectivity index (χ2n) is 7.17. The Hall–Kier alpha value is -1.98. The fourth-order valence-electron chi connectivity index (χ4n) is 3.87. The lowest BCUT2D eigenvalue weighted by Crippen LogP contribution is -2.44. The zero-order valence-electron chi connectivity index (χ0n) is 14.0. The number of hydrogen-bond acceptors (Lipinski definition) is 2. The first-order chi connectivity index (χ1) is 12.0. The Kier molecular flexibility index (Phi) is 5.35. The number of amides is 1. The third-order valence-corrected chi connectivity index (χ3v) is 5.40. The highest BCUT2D eigenvalue weighted by Gasteiger charge is 2.46. The average molecular weight is 351 g/mol. The van der Waals surface area contributed by atoms with Gasteiger partial charge in [0.05, 0.1) is 5.92 Å². The highest BCUT2D eigenvalue weighted by molar-refractivity contribution is 5.84. The minimum Gasteiger partial charge on any atom is -0.481 e. The first kappa shape index (κ1) is 17.8. The molecule has 1 aromatic rings. The zero-order chi connectivity index (χ0) is 18.0. The molecule has 0 bridgehead atoms. The van der Waals surface area contributed by atoms with E-state index in [9.17, 15) is 23.5 Å². The fourth-order valence-corrected chi connectivity index (χ4v) is 3.87. The van der Waals surface area contributed by atoms with Crippen molar-refractivity contribution in [3.63, 3.8) is 0 Å². The summed E-state index contributed by atoms with van der Waals surface area (Å²) in [6.45, 7) is 0. The molecule has 2 saturated carbocycles. The highest BCUT2D eigenvalue weighted by atomic mass is 19.1. The molecule has 6 heteroatoms. The molecular formula is C19H23F2NO3. The van der Waals surface area contributed by atoms with Crippen LogP contribution in [-0.2, 0) is 9.59 Å². The van der Waals surface area contributed by atoms with Crippen molar-refractivity contribution < 1.29 is 23.5 Å². The number of carbonyl (C=O) groups excluding carboxylic acids is 1. The lowest BCUT2D eigenvalue weighted by molar-refractivity contribution is -0.143. The van der Waals surface area contributed by atoms with Crippen LogP contribution in [0.2, 0.25) is 0 Å². The van der Waals surface area contributed by atoms with Crippen molar-refractivity contribution in [2.24, 2.45) is 11.8 Å². The van der Waals surface area contributed by atoms with Crippen LogP contribution in [0.15, 0.2) is 18.2 Å². The van der Waals surface area contributed by atoms with E-state index in [-0.39, 0.29) is 23.4 Å². The van der Waals surface area contributed by atoms with Crippen LogP contribution >= 0.6 is 0 Å². The van der Waals surface area contributed by atoms with Crippen molar-refractivity contribution in [1.29, 1.82) is 0 Å². The minimum absolute atomic E-state index is 0.229. The molecule has 3 rings (SSSR count). The van der Waals surface area contributed by atoms with Gasteiger partial charge in [0, 0.05) is 12.0 Å². The molecule has 0 radical (unpaired) electrons. The Morgan fingerprint density at radius 2 is 1.76 bits per heavy atom. The molecule has 2 fully saturated rings. The molecule has 136 valence electrons. The number of aliphatic carboxylic acids is 1. The van der Waals surface area contributed by atoms with Crippen LogP contribution in [0.4, 0.5) is 8.78 Å². The van der Waals surface area contributed by atoms with Crippen molar-refractivity contribution in [2.75, 3.05) is 0 Å². The fraction of sp³-hybridized carbons (Fsp3) is 0.579. The Labute approximate surface area is 145 Å². The van der Waals surface area contributed by atoms with Gasteiger partial charge in [0.1, 0.15) is 11.6 Å². The Morgan fingerprint density at radius 1 is 1.04 bits per heavy atom. The standard InChI is InChI=1S/C19H23F2NO3/c20-11-7-8-16(21)14(9-11)13-10-15(13)18(23)22-17-6-4-2-1-3-5-12(17)19(24)25/h7-9,12-13,15,17H,1-6,10H2,(H,22,23)(H,24,25). The summed E-state index contributed by atoms with van der Waals surface area (Å²) in [5.41, 5.74) is 0.229. The molecule has 1 amide bonds. The van der Waals surface area contributed by atoms with Crippen molar-refractivity contribution in [1.82, 2.24) is 5.32 Å². The summed E-state index contributed by atoms with van der Waals surface area (Å²) in [6, 6.07) is 2.89. The first-order valence-electron chi connectivity index (χ1n) is 8.95. The maximum atomic E-state index is 13.8. The van der Waals surface area contributed by atoms with Crippen molar-refractivity contribution in [3.05, 3.63) is 35.4 Å². The van der Waals surface area contributed by atoms with Gasteiger partial charge in [-0.15, -0.1) is 0 Å². The van der Waals surface area contributed by atoms with Gasteiger partial charge >= 0.3 is 5.97 Å². The van der Waals surface area contributed by atoms with E-state index < -0.39 is 29.4 Å². The largest absolute Gasteiger partial charge is 0.481 e. The lowest BCUT2D eigenvalue weighted by Gasteiger charge is -2.27. The molecule has 4 nitrogen and oxygen atoms in total. The summed E-state index contributed by atoms with van der Waals surface area (Å²) >= 11 is 0.